The summed E-state index contributed by atoms with van der Waals surface area (Å²) in [6, 6.07) is 15.3. The number of carbonyl (C=O) groups is 1. The average Bonchev–Trinajstić information content (AvgIpc) is 3.69. The summed E-state index contributed by atoms with van der Waals surface area (Å²) in [7, 11) is 0. The fraction of sp³-hybridized carbons (Fsp3) is 0.200. The number of furan rings is 1. The zero-order valence-electron chi connectivity index (χ0n) is 18.5. The van der Waals surface area contributed by atoms with Gasteiger partial charge in [0.2, 0.25) is 17.5 Å². The van der Waals surface area contributed by atoms with E-state index in [0.29, 0.717) is 37.6 Å². The van der Waals surface area contributed by atoms with Gasteiger partial charge in [0.1, 0.15) is 11.9 Å². The third-order valence-corrected chi connectivity index (χ3v) is 6.98. The van der Waals surface area contributed by atoms with Gasteiger partial charge in [0, 0.05) is 24.7 Å². The van der Waals surface area contributed by atoms with Crippen LogP contribution in [0.4, 0.5) is 11.6 Å². The number of oxazole rings is 1. The highest BCUT2D eigenvalue weighted by Crippen LogP contribution is 2.32. The zero-order valence-corrected chi connectivity index (χ0v) is 19.3. The Balaban J connectivity index is 1.11. The molecule has 0 saturated carbocycles. The Morgan fingerprint density at radius 3 is 2.83 bits per heavy atom. The van der Waals surface area contributed by atoms with E-state index in [1.165, 1.54) is 6.26 Å². The van der Waals surface area contributed by atoms with Crippen molar-refractivity contribution < 1.29 is 13.6 Å². The van der Waals surface area contributed by atoms with Crippen molar-refractivity contribution in [3.63, 3.8) is 0 Å². The number of hydrogen-bond acceptors (Lipinski definition) is 8. The number of nitrogens with zero attached hydrogens (tertiary/aromatic N) is 4. The molecule has 5 heterocycles. The van der Waals surface area contributed by atoms with Crippen LogP contribution in [0.3, 0.4) is 0 Å². The second-order valence-corrected chi connectivity index (χ2v) is 9.25. The summed E-state index contributed by atoms with van der Waals surface area (Å²) in [6.07, 6.45) is 2.81. The molecule has 1 fully saturated rings. The van der Waals surface area contributed by atoms with E-state index in [0.717, 1.165) is 27.4 Å². The van der Waals surface area contributed by atoms with Crippen molar-refractivity contribution in [1.82, 2.24) is 15.0 Å². The number of aromatic nitrogens is 3. The summed E-state index contributed by atoms with van der Waals surface area (Å²) in [5.41, 5.74) is 2.68. The fourth-order valence-electron chi connectivity index (χ4n) is 4.31. The number of aromatic amines is 1. The molecule has 1 saturated heterocycles. The van der Waals surface area contributed by atoms with Crippen molar-refractivity contribution in [3.8, 4) is 28.4 Å². The molecule has 1 aliphatic rings. The first-order valence-corrected chi connectivity index (χ1v) is 12.1. The number of benzene rings is 1. The number of amides is 1. The van der Waals surface area contributed by atoms with Crippen molar-refractivity contribution in [2.45, 2.75) is 12.8 Å². The number of nitrogens with one attached hydrogen (secondary N) is 2. The van der Waals surface area contributed by atoms with E-state index in [9.17, 15) is 10.1 Å². The zero-order chi connectivity index (χ0) is 23.8. The highest BCUT2D eigenvalue weighted by Gasteiger charge is 2.29. The lowest BCUT2D eigenvalue weighted by Gasteiger charge is -2.30. The van der Waals surface area contributed by atoms with E-state index in [4.69, 9.17) is 8.83 Å². The van der Waals surface area contributed by atoms with Crippen molar-refractivity contribution in [2.75, 3.05) is 23.3 Å². The summed E-state index contributed by atoms with van der Waals surface area (Å²) in [6.45, 7) is 1.17. The van der Waals surface area contributed by atoms with Gasteiger partial charge in [-0.05, 0) is 54.6 Å². The predicted octanol–water partition coefficient (Wildman–Crippen LogP) is 5.27. The molecule has 0 atom stereocenters. The van der Waals surface area contributed by atoms with Gasteiger partial charge >= 0.3 is 0 Å². The Kier molecular flexibility index (Phi) is 5.31. The molecule has 1 amide bonds. The molecule has 10 heteroatoms. The summed E-state index contributed by atoms with van der Waals surface area (Å²) >= 11 is 1.63. The Hall–Kier alpha value is -4.36. The monoisotopic (exact) mass is 484 g/mol. The Labute approximate surface area is 204 Å². The molecule has 6 rings (SSSR count). The van der Waals surface area contributed by atoms with Crippen LogP contribution in [0.2, 0.25) is 0 Å². The minimum absolute atomic E-state index is 0.0173. The molecule has 174 valence electrons. The van der Waals surface area contributed by atoms with Gasteiger partial charge in [0.05, 0.1) is 22.2 Å². The minimum Gasteiger partial charge on any atom is -0.459 e. The summed E-state index contributed by atoms with van der Waals surface area (Å²) in [5.74, 6) is 1.84. The highest BCUT2D eigenvalue weighted by atomic mass is 32.1. The molecule has 0 bridgehead atoms. The standard InChI is InChI=1S/C25H20N6O3S/c26-14-19-25(34-24(30-19)20-3-1-11-33-20)31-9-7-15(8-10-31)23(32)27-16-5-6-17-18(13-16)29-22(28-17)21-4-2-12-35-21/h1-6,11-13,15H,7-10H2,(H,27,32)(H,28,29). The van der Waals surface area contributed by atoms with Crippen LogP contribution in [0.1, 0.15) is 18.5 Å². The molecular weight excluding hydrogens is 464 g/mol. The molecule has 5 aromatic rings. The number of H-pyrrole nitrogens is 1. The number of hydrogen-bond donors (Lipinski definition) is 2. The van der Waals surface area contributed by atoms with Crippen LogP contribution in [-0.2, 0) is 4.79 Å². The van der Waals surface area contributed by atoms with Crippen LogP contribution in [0, 0.1) is 17.2 Å². The maximum absolute atomic E-state index is 13.0. The smallest absolute Gasteiger partial charge is 0.266 e. The second kappa shape index (κ2) is 8.77. The predicted molar refractivity (Wildman–Crippen MR) is 132 cm³/mol. The quantitative estimate of drug-likeness (QED) is 0.348. The van der Waals surface area contributed by atoms with Crippen LogP contribution >= 0.6 is 11.3 Å². The van der Waals surface area contributed by atoms with E-state index in [-0.39, 0.29) is 23.4 Å². The van der Waals surface area contributed by atoms with Crippen LogP contribution in [-0.4, -0.2) is 33.9 Å². The third kappa shape index (κ3) is 4.06. The number of fused-ring (bicyclic) bond motifs is 1. The van der Waals surface area contributed by atoms with Gasteiger partial charge in [-0.25, -0.2) is 4.98 Å². The van der Waals surface area contributed by atoms with E-state index in [1.54, 1.807) is 23.5 Å². The maximum Gasteiger partial charge on any atom is 0.266 e. The number of rotatable bonds is 5. The molecule has 1 aromatic carbocycles. The van der Waals surface area contributed by atoms with Crippen LogP contribution in [0.5, 0.6) is 0 Å². The fourth-order valence-corrected chi connectivity index (χ4v) is 4.98. The van der Waals surface area contributed by atoms with Gasteiger partial charge in [0.25, 0.3) is 5.89 Å². The molecule has 0 spiro atoms. The molecule has 0 unspecified atom stereocenters. The first-order valence-electron chi connectivity index (χ1n) is 11.2. The molecule has 4 aromatic heterocycles. The molecule has 1 aliphatic heterocycles. The van der Waals surface area contributed by atoms with Crippen molar-refractivity contribution in [3.05, 3.63) is 59.8 Å². The lowest BCUT2D eigenvalue weighted by Crippen LogP contribution is -2.38. The lowest BCUT2D eigenvalue weighted by molar-refractivity contribution is -0.120. The first kappa shape index (κ1) is 21.2. The number of imidazole rings is 1. The first-order chi connectivity index (χ1) is 17.2. The Morgan fingerprint density at radius 2 is 2.09 bits per heavy atom. The number of carbonyl (C=O) groups excluding carboxylic acids is 1. The topological polar surface area (TPSA) is 124 Å². The molecular formula is C25H20N6O3S. The summed E-state index contributed by atoms with van der Waals surface area (Å²) in [5, 5.41) is 14.6. The van der Waals surface area contributed by atoms with Gasteiger partial charge < -0.3 is 24.0 Å². The highest BCUT2D eigenvalue weighted by molar-refractivity contribution is 7.13. The molecule has 2 N–H and O–H groups in total. The van der Waals surface area contributed by atoms with Gasteiger partial charge in [-0.1, -0.05) is 6.07 Å². The van der Waals surface area contributed by atoms with Gasteiger partial charge in [-0.3, -0.25) is 4.79 Å². The summed E-state index contributed by atoms with van der Waals surface area (Å²) in [4.78, 5) is 28.2. The van der Waals surface area contributed by atoms with Crippen molar-refractivity contribution >= 4 is 39.8 Å². The molecule has 0 radical (unpaired) electrons. The van der Waals surface area contributed by atoms with Gasteiger partial charge in [-0.2, -0.15) is 10.2 Å². The molecule has 0 aliphatic carbocycles. The van der Waals surface area contributed by atoms with Crippen LogP contribution in [0.15, 0.2) is 62.9 Å². The second-order valence-electron chi connectivity index (χ2n) is 8.31. The van der Waals surface area contributed by atoms with Crippen molar-refractivity contribution in [2.24, 2.45) is 5.92 Å². The number of thiophene rings is 1. The average molecular weight is 485 g/mol. The number of anilines is 2. The van der Waals surface area contributed by atoms with E-state index < -0.39 is 0 Å². The van der Waals surface area contributed by atoms with Crippen molar-refractivity contribution in [1.29, 1.82) is 5.26 Å². The SMILES string of the molecule is N#Cc1nc(-c2ccco2)oc1N1CCC(C(=O)Nc2ccc3nc(-c4cccs4)[nH]c3c2)CC1. The third-order valence-electron chi connectivity index (χ3n) is 6.10. The lowest BCUT2D eigenvalue weighted by atomic mass is 9.96. The maximum atomic E-state index is 13.0. The van der Waals surface area contributed by atoms with Gasteiger partial charge in [0.15, 0.2) is 5.76 Å². The van der Waals surface area contributed by atoms with Crippen LogP contribution < -0.4 is 10.2 Å². The van der Waals surface area contributed by atoms with E-state index in [2.05, 4.69) is 26.3 Å². The van der Waals surface area contributed by atoms with Gasteiger partial charge in [-0.15, -0.1) is 11.3 Å². The summed E-state index contributed by atoms with van der Waals surface area (Å²) < 4.78 is 11.2. The minimum atomic E-state index is -0.136. The Morgan fingerprint density at radius 1 is 1.20 bits per heavy atom. The van der Waals surface area contributed by atoms with E-state index in [1.807, 2.05) is 40.6 Å². The number of piperidine rings is 1. The Bertz CT molecular complexity index is 1520. The molecule has 35 heavy (non-hydrogen) atoms. The molecule has 9 nitrogen and oxygen atoms in total. The van der Waals surface area contributed by atoms with Crippen LogP contribution in [0.25, 0.3) is 33.4 Å². The largest absolute Gasteiger partial charge is 0.459 e. The normalized spacial score (nSPS) is 14.3. The van der Waals surface area contributed by atoms with E-state index >= 15 is 0 Å². The number of nitriles is 1.